The Bertz CT molecular complexity index is 1500. The predicted molar refractivity (Wildman–Crippen MR) is 140 cm³/mol. The Kier molecular flexibility index (Phi) is 6.24. The summed E-state index contributed by atoms with van der Waals surface area (Å²) in [4.78, 5) is 25.7. The minimum atomic E-state index is -0.295. The first-order valence-electron chi connectivity index (χ1n) is 10.6. The van der Waals surface area contributed by atoms with Crippen LogP contribution in [0, 0.1) is 6.92 Å². The Balaban J connectivity index is 1.57. The molecule has 5 rings (SSSR count). The number of para-hydroxylation sites is 1. The van der Waals surface area contributed by atoms with Gasteiger partial charge >= 0.3 is 0 Å². The molecule has 0 aliphatic rings. The predicted octanol–water partition coefficient (Wildman–Crippen LogP) is 6.48. The highest BCUT2D eigenvalue weighted by Gasteiger charge is 2.16. The molecule has 1 amide bonds. The lowest BCUT2D eigenvalue weighted by Crippen LogP contribution is -2.15. The van der Waals surface area contributed by atoms with Gasteiger partial charge in [0.15, 0.2) is 16.3 Å². The van der Waals surface area contributed by atoms with E-state index >= 15 is 0 Å². The average molecular weight is 530 g/mol. The molecule has 0 unspecified atom stereocenters. The molecule has 0 saturated carbocycles. The van der Waals surface area contributed by atoms with E-state index in [0.29, 0.717) is 22.0 Å². The number of rotatable bonds is 5. The fourth-order valence-corrected chi connectivity index (χ4v) is 4.67. The number of aromatic amines is 1. The van der Waals surface area contributed by atoms with E-state index in [1.807, 2.05) is 73.7 Å². The van der Waals surface area contributed by atoms with Crippen molar-refractivity contribution in [2.45, 2.75) is 6.92 Å². The molecule has 0 radical (unpaired) electrons. The summed E-state index contributed by atoms with van der Waals surface area (Å²) in [5.74, 6) is 0.0366. The van der Waals surface area contributed by atoms with E-state index < -0.39 is 0 Å². The van der Waals surface area contributed by atoms with Crippen LogP contribution in [0.3, 0.4) is 0 Å². The molecule has 5 aromatic rings. The third-order valence-corrected chi connectivity index (χ3v) is 6.57. The van der Waals surface area contributed by atoms with Gasteiger partial charge in [0.1, 0.15) is 0 Å². The molecule has 0 atom stereocenters. The Labute approximate surface area is 208 Å². The van der Waals surface area contributed by atoms with Crippen LogP contribution in [0.25, 0.3) is 16.9 Å². The highest BCUT2D eigenvalue weighted by molar-refractivity contribution is 9.10. The number of nitrogens with one attached hydrogen (secondary N) is 2. The molecule has 0 aliphatic carbocycles. The van der Waals surface area contributed by atoms with Gasteiger partial charge in [-0.05, 0) is 48.9 Å². The number of benzene rings is 3. The molecule has 2 aromatic heterocycles. The Hall–Kier alpha value is -3.75. The van der Waals surface area contributed by atoms with Crippen molar-refractivity contribution in [2.24, 2.45) is 4.99 Å². The zero-order valence-corrected chi connectivity index (χ0v) is 20.6. The number of H-pyrrole nitrogens is 1. The molecule has 2 N–H and O–H groups in total. The summed E-state index contributed by atoms with van der Waals surface area (Å²) in [6.07, 6.45) is 1.49. The summed E-state index contributed by atoms with van der Waals surface area (Å²) in [5.41, 5.74) is 5.18. The zero-order valence-electron chi connectivity index (χ0n) is 18.2. The van der Waals surface area contributed by atoms with Gasteiger partial charge in [-0.2, -0.15) is 4.99 Å². The molecule has 0 bridgehead atoms. The van der Waals surface area contributed by atoms with Crippen LogP contribution in [0.2, 0.25) is 0 Å². The van der Waals surface area contributed by atoms with Crippen molar-refractivity contribution in [1.29, 1.82) is 0 Å². The van der Waals surface area contributed by atoms with E-state index in [2.05, 4.69) is 53.3 Å². The fourth-order valence-electron chi connectivity index (χ4n) is 3.50. The largest absolute Gasteiger partial charge is 0.339 e. The maximum absolute atomic E-state index is 12.9. The van der Waals surface area contributed by atoms with Crippen LogP contribution < -0.4 is 10.1 Å². The molecule has 168 valence electrons. The molecule has 0 saturated heterocycles. The van der Waals surface area contributed by atoms with Gasteiger partial charge in [-0.25, -0.2) is 4.98 Å². The van der Waals surface area contributed by atoms with E-state index in [4.69, 9.17) is 4.99 Å². The highest BCUT2D eigenvalue weighted by atomic mass is 79.9. The summed E-state index contributed by atoms with van der Waals surface area (Å²) in [6.45, 7) is 2.00. The summed E-state index contributed by atoms with van der Waals surface area (Å²) < 4.78 is 3.09. The lowest BCUT2D eigenvalue weighted by Gasteiger charge is -2.09. The number of hydrogen-bond donors (Lipinski definition) is 2. The zero-order chi connectivity index (χ0) is 23.5. The first-order valence-corrected chi connectivity index (χ1v) is 12.2. The number of hydrogen-bond acceptors (Lipinski definition) is 4. The second kappa shape index (κ2) is 9.62. The third kappa shape index (κ3) is 4.64. The number of carbonyl (C=O) groups is 1. The van der Waals surface area contributed by atoms with Crippen LogP contribution in [0.5, 0.6) is 0 Å². The maximum Gasteiger partial charge on any atom is 0.276 e. The standard InChI is InChI=1S/C26H20BrN5OS/c1-17-7-13-20(14-8-17)30-25(33)23-24(29-16-28-23)31-26-32(21-5-3-2-4-6-21)22(15-34-26)18-9-11-19(27)12-10-18/h2-16H,1H3,(H,28,29)(H,30,33)/b31-26-. The normalized spacial score (nSPS) is 11.5. The Morgan fingerprint density at radius 2 is 1.76 bits per heavy atom. The van der Waals surface area contributed by atoms with Crippen LogP contribution in [0.4, 0.5) is 11.5 Å². The molecular weight excluding hydrogens is 510 g/mol. The number of amides is 1. The highest BCUT2D eigenvalue weighted by Crippen LogP contribution is 2.26. The van der Waals surface area contributed by atoms with Crippen LogP contribution >= 0.6 is 27.3 Å². The number of anilines is 1. The average Bonchev–Trinajstić information content (AvgIpc) is 3.49. The number of halogens is 1. The van der Waals surface area contributed by atoms with Crippen LogP contribution in [0.15, 0.2) is 100 Å². The van der Waals surface area contributed by atoms with Crippen molar-refractivity contribution in [3.8, 4) is 16.9 Å². The van der Waals surface area contributed by atoms with Crippen LogP contribution in [0.1, 0.15) is 16.1 Å². The van der Waals surface area contributed by atoms with Gasteiger partial charge in [0.25, 0.3) is 5.91 Å². The van der Waals surface area contributed by atoms with Gasteiger partial charge in [-0.1, -0.05) is 64.0 Å². The van der Waals surface area contributed by atoms with Gasteiger partial charge in [0.2, 0.25) is 0 Å². The molecule has 0 aliphatic heterocycles. The summed E-state index contributed by atoms with van der Waals surface area (Å²) >= 11 is 5.00. The molecule has 0 spiro atoms. The van der Waals surface area contributed by atoms with Gasteiger partial charge in [0, 0.05) is 21.2 Å². The number of aromatic nitrogens is 3. The van der Waals surface area contributed by atoms with Crippen molar-refractivity contribution in [3.63, 3.8) is 0 Å². The minimum absolute atomic E-state index is 0.295. The van der Waals surface area contributed by atoms with Gasteiger partial charge in [-0.3, -0.25) is 9.36 Å². The monoisotopic (exact) mass is 529 g/mol. The topological polar surface area (TPSA) is 75.1 Å². The second-order valence-electron chi connectivity index (χ2n) is 7.61. The SMILES string of the molecule is Cc1ccc(NC(=O)c2[nH]cnc2/N=c2\scc(-c3ccc(Br)cc3)n2-c2ccccc2)cc1. The summed E-state index contributed by atoms with van der Waals surface area (Å²) in [7, 11) is 0. The lowest BCUT2D eigenvalue weighted by molar-refractivity contribution is 0.102. The first kappa shape index (κ1) is 22.1. The van der Waals surface area contributed by atoms with Crippen molar-refractivity contribution in [3.05, 3.63) is 111 Å². The quantitative estimate of drug-likeness (QED) is 0.273. The third-order valence-electron chi connectivity index (χ3n) is 5.22. The Morgan fingerprint density at radius 3 is 2.50 bits per heavy atom. The van der Waals surface area contributed by atoms with Gasteiger partial charge in [-0.15, -0.1) is 11.3 Å². The minimum Gasteiger partial charge on any atom is -0.339 e. The van der Waals surface area contributed by atoms with Gasteiger partial charge < -0.3 is 10.3 Å². The number of thiazole rings is 1. The summed E-state index contributed by atoms with van der Waals surface area (Å²) in [6, 6.07) is 25.8. The molecular formula is C26H20BrN5OS. The lowest BCUT2D eigenvalue weighted by atomic mass is 10.1. The van der Waals surface area contributed by atoms with Crippen molar-refractivity contribution < 1.29 is 4.79 Å². The number of aryl methyl sites for hydroxylation is 1. The van der Waals surface area contributed by atoms with E-state index in [0.717, 1.165) is 27.0 Å². The van der Waals surface area contributed by atoms with Crippen molar-refractivity contribution in [1.82, 2.24) is 14.5 Å². The number of carbonyl (C=O) groups excluding carboxylic acids is 1. The van der Waals surface area contributed by atoms with Crippen LogP contribution in [-0.2, 0) is 0 Å². The smallest absolute Gasteiger partial charge is 0.276 e. The fraction of sp³-hybridized carbons (Fsp3) is 0.0385. The molecule has 0 fully saturated rings. The first-order chi connectivity index (χ1) is 16.6. The van der Waals surface area contributed by atoms with Gasteiger partial charge in [0.05, 0.1) is 12.0 Å². The van der Waals surface area contributed by atoms with Crippen molar-refractivity contribution in [2.75, 3.05) is 5.32 Å². The second-order valence-corrected chi connectivity index (χ2v) is 9.37. The Morgan fingerprint density at radius 1 is 1.03 bits per heavy atom. The molecule has 2 heterocycles. The van der Waals surface area contributed by atoms with E-state index in [1.54, 1.807) is 0 Å². The van der Waals surface area contributed by atoms with E-state index in [1.165, 1.54) is 17.7 Å². The van der Waals surface area contributed by atoms with Crippen LogP contribution in [-0.4, -0.2) is 20.4 Å². The van der Waals surface area contributed by atoms with E-state index in [9.17, 15) is 4.79 Å². The molecule has 34 heavy (non-hydrogen) atoms. The molecule has 6 nitrogen and oxygen atoms in total. The number of nitrogens with zero attached hydrogens (tertiary/aromatic N) is 3. The van der Waals surface area contributed by atoms with E-state index in [-0.39, 0.29) is 5.91 Å². The molecule has 8 heteroatoms. The maximum atomic E-state index is 12.9. The molecule has 3 aromatic carbocycles. The number of imidazole rings is 1. The van der Waals surface area contributed by atoms with Crippen molar-refractivity contribution >= 4 is 44.7 Å². The summed E-state index contributed by atoms with van der Waals surface area (Å²) in [5, 5.41) is 4.97.